The molecule has 2 atom stereocenters. The minimum absolute atomic E-state index is 0.00803. The molecule has 0 saturated carbocycles. The highest BCUT2D eigenvalue weighted by Crippen LogP contribution is 2.43. The molecule has 10 heteroatoms. The van der Waals surface area contributed by atoms with Crippen LogP contribution in [0.15, 0.2) is 158 Å². The Morgan fingerprint density at radius 3 is 1.15 bits per heavy atom. The molecule has 1 N–H and O–H groups in total. The maximum atomic E-state index is 12.8. The first-order chi connectivity index (χ1) is 35.0. The predicted molar refractivity (Wildman–Crippen MR) is 306 cm³/mol. The molecule has 0 radical (unpaired) electrons. The van der Waals surface area contributed by atoms with Crippen LogP contribution in [0.5, 0.6) is 0 Å². The summed E-state index contributed by atoms with van der Waals surface area (Å²) in [6, 6.07) is 0. The summed E-state index contributed by atoms with van der Waals surface area (Å²) in [5, 5.41) is 0. The number of likely N-dealkylation sites (N-methyl/N-ethyl adjacent to an activating group) is 1. The number of carbonyl (C=O) groups excluding carboxylic acids is 2. The molecular formula is C62H99NO8P+. The van der Waals surface area contributed by atoms with Gasteiger partial charge in [-0.05, 0) is 116 Å². The van der Waals surface area contributed by atoms with E-state index in [1.54, 1.807) is 0 Å². The van der Waals surface area contributed by atoms with E-state index in [2.05, 4.69) is 166 Å². The molecule has 0 aromatic rings. The number of allylic oxidation sites excluding steroid dienone is 26. The summed E-state index contributed by atoms with van der Waals surface area (Å²) in [4.78, 5) is 35.6. The average Bonchev–Trinajstić information content (AvgIpc) is 3.34. The van der Waals surface area contributed by atoms with Gasteiger partial charge in [0.05, 0.1) is 27.7 Å². The van der Waals surface area contributed by atoms with E-state index in [0.717, 1.165) is 122 Å². The Bertz CT molecular complexity index is 1770. The Hall–Kier alpha value is -4.37. The van der Waals surface area contributed by atoms with Gasteiger partial charge in [0.25, 0.3) is 0 Å². The van der Waals surface area contributed by atoms with E-state index >= 15 is 0 Å². The van der Waals surface area contributed by atoms with Crippen LogP contribution in [0, 0.1) is 0 Å². The number of esters is 2. The Morgan fingerprint density at radius 2 is 0.764 bits per heavy atom. The van der Waals surface area contributed by atoms with Crippen molar-refractivity contribution in [2.24, 2.45) is 0 Å². The molecular weight excluding hydrogens is 918 g/mol. The van der Waals surface area contributed by atoms with Gasteiger partial charge in [0.1, 0.15) is 19.8 Å². The van der Waals surface area contributed by atoms with Crippen LogP contribution < -0.4 is 0 Å². The Labute approximate surface area is 439 Å². The number of carbonyl (C=O) groups is 2. The Morgan fingerprint density at radius 1 is 0.431 bits per heavy atom. The number of ether oxygens (including phenoxy) is 2. The molecule has 0 bridgehead atoms. The van der Waals surface area contributed by atoms with Crippen molar-refractivity contribution in [3.8, 4) is 0 Å². The third-order valence-electron chi connectivity index (χ3n) is 10.6. The van der Waals surface area contributed by atoms with Crippen molar-refractivity contribution in [3.63, 3.8) is 0 Å². The third-order valence-corrected chi connectivity index (χ3v) is 11.5. The van der Waals surface area contributed by atoms with Crippen LogP contribution in [-0.2, 0) is 32.7 Å². The monoisotopic (exact) mass is 1020 g/mol. The number of hydrogen-bond acceptors (Lipinski definition) is 7. The fraction of sp³-hybridized carbons (Fsp3) is 0.548. The summed E-state index contributed by atoms with van der Waals surface area (Å²) in [6.45, 7) is 4.08. The van der Waals surface area contributed by atoms with Crippen molar-refractivity contribution in [1.82, 2.24) is 0 Å². The largest absolute Gasteiger partial charge is 0.472 e. The zero-order valence-electron chi connectivity index (χ0n) is 45.6. The normalized spacial score (nSPS) is 14.6. The van der Waals surface area contributed by atoms with Gasteiger partial charge in [0.15, 0.2) is 6.10 Å². The average molecular weight is 1020 g/mol. The topological polar surface area (TPSA) is 108 Å². The molecule has 0 aliphatic rings. The van der Waals surface area contributed by atoms with Gasteiger partial charge in [0.2, 0.25) is 0 Å². The molecule has 2 unspecified atom stereocenters. The lowest BCUT2D eigenvalue weighted by Crippen LogP contribution is -2.37. The molecule has 0 heterocycles. The fourth-order valence-electron chi connectivity index (χ4n) is 6.42. The molecule has 0 amide bonds. The van der Waals surface area contributed by atoms with Crippen molar-refractivity contribution in [2.45, 2.75) is 174 Å². The smallest absolute Gasteiger partial charge is 0.462 e. The molecule has 9 nitrogen and oxygen atoms in total. The molecule has 0 fully saturated rings. The van der Waals surface area contributed by atoms with Crippen LogP contribution in [0.4, 0.5) is 0 Å². The van der Waals surface area contributed by atoms with Crippen LogP contribution in [0.25, 0.3) is 0 Å². The van der Waals surface area contributed by atoms with Crippen LogP contribution in [0.1, 0.15) is 168 Å². The van der Waals surface area contributed by atoms with Gasteiger partial charge in [-0.2, -0.15) is 0 Å². The first-order valence-electron chi connectivity index (χ1n) is 27.2. The van der Waals surface area contributed by atoms with Crippen LogP contribution in [0.2, 0.25) is 0 Å². The quantitative estimate of drug-likeness (QED) is 0.0211. The van der Waals surface area contributed by atoms with Crippen LogP contribution >= 0.6 is 7.82 Å². The summed E-state index contributed by atoms with van der Waals surface area (Å²) in [5.74, 6) is -0.901. The number of nitrogens with zero attached hydrogens (tertiary/aromatic N) is 1. The van der Waals surface area contributed by atoms with Gasteiger partial charge in [-0.25, -0.2) is 4.57 Å². The highest BCUT2D eigenvalue weighted by atomic mass is 31.2. The van der Waals surface area contributed by atoms with E-state index in [-0.39, 0.29) is 26.1 Å². The van der Waals surface area contributed by atoms with E-state index in [4.69, 9.17) is 18.5 Å². The molecule has 0 aliphatic heterocycles. The minimum atomic E-state index is -4.42. The van der Waals surface area contributed by atoms with Gasteiger partial charge in [-0.1, -0.05) is 198 Å². The lowest BCUT2D eigenvalue weighted by Gasteiger charge is -2.24. The molecule has 0 rings (SSSR count). The molecule has 404 valence electrons. The second kappa shape index (κ2) is 51.5. The van der Waals surface area contributed by atoms with Crippen molar-refractivity contribution < 1.29 is 42.1 Å². The van der Waals surface area contributed by atoms with Crippen molar-refractivity contribution >= 4 is 19.8 Å². The number of rotatable bonds is 47. The van der Waals surface area contributed by atoms with E-state index in [9.17, 15) is 19.0 Å². The minimum Gasteiger partial charge on any atom is -0.462 e. The van der Waals surface area contributed by atoms with E-state index in [1.807, 2.05) is 27.2 Å². The Balaban J connectivity index is 4.40. The highest BCUT2D eigenvalue weighted by Gasteiger charge is 2.27. The first kappa shape index (κ1) is 67.6. The van der Waals surface area contributed by atoms with Crippen molar-refractivity contribution in [1.29, 1.82) is 0 Å². The number of phosphoric ester groups is 1. The van der Waals surface area contributed by atoms with E-state index in [0.29, 0.717) is 30.3 Å². The maximum Gasteiger partial charge on any atom is 0.472 e. The van der Waals surface area contributed by atoms with Gasteiger partial charge < -0.3 is 18.9 Å². The van der Waals surface area contributed by atoms with Crippen molar-refractivity contribution in [2.75, 3.05) is 47.5 Å². The van der Waals surface area contributed by atoms with Crippen molar-refractivity contribution in [3.05, 3.63) is 158 Å². The molecule has 72 heavy (non-hydrogen) atoms. The zero-order valence-corrected chi connectivity index (χ0v) is 46.5. The lowest BCUT2D eigenvalue weighted by molar-refractivity contribution is -0.870. The maximum absolute atomic E-state index is 12.8. The van der Waals surface area contributed by atoms with Gasteiger partial charge in [0, 0.05) is 12.8 Å². The fourth-order valence-corrected chi connectivity index (χ4v) is 7.16. The third kappa shape index (κ3) is 55.0. The molecule has 0 aliphatic carbocycles. The lowest BCUT2D eigenvalue weighted by atomic mass is 10.1. The number of unbranched alkanes of at least 4 members (excludes halogenated alkanes) is 7. The summed E-state index contributed by atoms with van der Waals surface area (Å²) in [6.07, 6.45) is 77.4. The summed E-state index contributed by atoms with van der Waals surface area (Å²) in [7, 11) is 1.40. The molecule has 0 spiro atoms. The SMILES string of the molecule is CC/C=C\C/C=C\C/C=C\C/C=C\C/C=C\C/C=C\C/C=C\C/C=C\C/C=C\CCCC(=O)OC(COC(=O)CCCCCCCC/C=C\C/C=C\C/C=C\C/C=C\CC)COP(=O)(O)OCC[N+](C)(C)C. The summed E-state index contributed by atoms with van der Waals surface area (Å²) < 4.78 is 34.4. The molecule has 0 saturated heterocycles. The first-order valence-corrected chi connectivity index (χ1v) is 28.7. The molecule has 0 aromatic heterocycles. The number of quaternary nitrogens is 1. The predicted octanol–water partition coefficient (Wildman–Crippen LogP) is 16.9. The van der Waals surface area contributed by atoms with Gasteiger partial charge in [-0.3, -0.25) is 18.6 Å². The second-order valence-corrected chi connectivity index (χ2v) is 19.9. The molecule has 0 aromatic carbocycles. The number of phosphoric acid groups is 1. The zero-order chi connectivity index (χ0) is 52.7. The standard InChI is InChI=1S/C62H98NO8P/c1-6-8-10-12-14-16-18-20-22-24-26-27-28-29-30-31-32-33-34-35-37-39-41-43-45-47-49-51-53-55-62(65)71-60(59-70-72(66,67)69-57-56-63(3,4)5)58-68-61(64)54-52-50-48-46-44-42-40-38-36-25-23-21-19-17-15-13-11-9-7-2/h8-11,14-17,20-23,26-27,29-30,32-33,35-38,41,43,47,49,60H,6-7,12-13,18-19,24-25,28,31,34,39-40,42,44-46,48,50-59H2,1-5H3/p+1/b10-8-,11-9-,16-14-,17-15-,22-20-,23-21-,27-26-,30-29-,33-32-,37-35-,38-36-,43-41-,49-47-. The summed E-state index contributed by atoms with van der Waals surface area (Å²) in [5.41, 5.74) is 0. The highest BCUT2D eigenvalue weighted by molar-refractivity contribution is 7.47. The van der Waals surface area contributed by atoms with Crippen LogP contribution in [-0.4, -0.2) is 74.9 Å². The Kier molecular flexibility index (Phi) is 48.4. The van der Waals surface area contributed by atoms with Gasteiger partial charge >= 0.3 is 19.8 Å². The van der Waals surface area contributed by atoms with E-state index in [1.165, 1.54) is 0 Å². The number of hydrogen-bond donors (Lipinski definition) is 1. The second-order valence-electron chi connectivity index (χ2n) is 18.5. The van der Waals surface area contributed by atoms with E-state index < -0.39 is 32.5 Å². The van der Waals surface area contributed by atoms with Gasteiger partial charge in [-0.15, -0.1) is 0 Å². The summed E-state index contributed by atoms with van der Waals surface area (Å²) >= 11 is 0. The van der Waals surface area contributed by atoms with Crippen LogP contribution in [0.3, 0.4) is 0 Å².